The predicted octanol–water partition coefficient (Wildman–Crippen LogP) is 3.07. The van der Waals surface area contributed by atoms with Gasteiger partial charge in [-0.15, -0.1) is 5.10 Å². The smallest absolute Gasteiger partial charge is 0.291 e. The Morgan fingerprint density at radius 3 is 2.66 bits per heavy atom. The van der Waals surface area contributed by atoms with Crippen molar-refractivity contribution in [1.29, 1.82) is 0 Å². The molecule has 4 aromatic rings. The molecule has 0 fully saturated rings. The molecule has 0 spiro atoms. The van der Waals surface area contributed by atoms with E-state index in [2.05, 4.69) is 26.2 Å². The first-order chi connectivity index (χ1) is 14.1. The Labute approximate surface area is 165 Å². The van der Waals surface area contributed by atoms with Crippen molar-refractivity contribution in [2.45, 2.75) is 6.92 Å². The zero-order chi connectivity index (χ0) is 20.2. The summed E-state index contributed by atoms with van der Waals surface area (Å²) >= 11 is 0. The van der Waals surface area contributed by atoms with Gasteiger partial charge in [0.25, 0.3) is 11.8 Å². The number of carbonyl (C=O) groups excluding carboxylic acids is 2. The molecular formula is C20H16N6O3. The van der Waals surface area contributed by atoms with Crippen molar-refractivity contribution in [2.24, 2.45) is 0 Å². The number of tetrazole rings is 1. The topological polar surface area (TPSA) is 115 Å². The fourth-order valence-corrected chi connectivity index (χ4v) is 2.70. The van der Waals surface area contributed by atoms with Gasteiger partial charge in [0, 0.05) is 16.9 Å². The Morgan fingerprint density at radius 1 is 1.00 bits per heavy atom. The van der Waals surface area contributed by atoms with Crippen LogP contribution in [0.3, 0.4) is 0 Å². The Morgan fingerprint density at radius 2 is 1.90 bits per heavy atom. The minimum absolute atomic E-state index is 0.193. The molecule has 0 radical (unpaired) electrons. The van der Waals surface area contributed by atoms with E-state index in [1.165, 1.54) is 17.3 Å². The number of hydrogen-bond acceptors (Lipinski definition) is 6. The van der Waals surface area contributed by atoms with Crippen molar-refractivity contribution < 1.29 is 14.0 Å². The summed E-state index contributed by atoms with van der Waals surface area (Å²) in [6, 6.07) is 15.4. The van der Waals surface area contributed by atoms with Crippen LogP contribution in [0.1, 0.15) is 26.5 Å². The number of nitrogens with zero attached hydrogens (tertiary/aromatic N) is 4. The quantitative estimate of drug-likeness (QED) is 0.543. The van der Waals surface area contributed by atoms with Gasteiger partial charge in [0.2, 0.25) is 0 Å². The molecule has 2 amide bonds. The molecule has 2 N–H and O–H groups in total. The summed E-state index contributed by atoms with van der Waals surface area (Å²) in [5.41, 5.74) is 3.05. The first-order valence-electron chi connectivity index (χ1n) is 8.70. The van der Waals surface area contributed by atoms with Gasteiger partial charge in [-0.3, -0.25) is 9.59 Å². The van der Waals surface area contributed by atoms with Gasteiger partial charge < -0.3 is 15.1 Å². The van der Waals surface area contributed by atoms with Gasteiger partial charge in [0.05, 0.1) is 12.0 Å². The van der Waals surface area contributed by atoms with Gasteiger partial charge >= 0.3 is 0 Å². The minimum atomic E-state index is -0.384. The number of anilines is 2. The van der Waals surface area contributed by atoms with E-state index in [9.17, 15) is 9.59 Å². The summed E-state index contributed by atoms with van der Waals surface area (Å²) in [6.07, 6.45) is 2.89. The first-order valence-corrected chi connectivity index (χ1v) is 8.70. The number of rotatable bonds is 5. The van der Waals surface area contributed by atoms with E-state index in [0.29, 0.717) is 22.6 Å². The molecule has 4 rings (SSSR count). The number of aromatic nitrogens is 4. The third-order valence-electron chi connectivity index (χ3n) is 4.21. The van der Waals surface area contributed by atoms with E-state index < -0.39 is 0 Å². The molecule has 2 aromatic carbocycles. The van der Waals surface area contributed by atoms with E-state index >= 15 is 0 Å². The van der Waals surface area contributed by atoms with Crippen LogP contribution in [-0.4, -0.2) is 32.0 Å². The van der Waals surface area contributed by atoms with Crippen LogP contribution < -0.4 is 10.6 Å². The molecule has 9 nitrogen and oxygen atoms in total. The predicted molar refractivity (Wildman–Crippen MR) is 105 cm³/mol. The van der Waals surface area contributed by atoms with Crippen molar-refractivity contribution >= 4 is 23.2 Å². The van der Waals surface area contributed by atoms with Crippen molar-refractivity contribution in [1.82, 2.24) is 20.2 Å². The second-order valence-electron chi connectivity index (χ2n) is 6.22. The SMILES string of the molecule is Cc1ccc(C(=O)Nc2cccc(-n3cnnn3)c2)cc1NC(=O)c1ccco1. The highest BCUT2D eigenvalue weighted by Crippen LogP contribution is 2.20. The molecule has 0 unspecified atom stereocenters. The number of furan rings is 1. The van der Waals surface area contributed by atoms with Crippen LogP contribution in [-0.2, 0) is 0 Å². The van der Waals surface area contributed by atoms with Gasteiger partial charge in [-0.1, -0.05) is 12.1 Å². The van der Waals surface area contributed by atoms with Crippen LogP contribution in [0, 0.1) is 6.92 Å². The van der Waals surface area contributed by atoms with E-state index in [1.54, 1.807) is 48.5 Å². The standard InChI is InChI=1S/C20H16N6O3/c1-13-7-8-14(10-17(13)23-20(28)18-6-3-9-29-18)19(27)22-15-4-2-5-16(11-15)26-12-21-24-25-26/h2-12H,1H3,(H,22,27)(H,23,28). The molecule has 0 aliphatic rings. The average Bonchev–Trinajstić information content (AvgIpc) is 3.44. The molecule has 29 heavy (non-hydrogen) atoms. The molecule has 0 saturated carbocycles. The van der Waals surface area contributed by atoms with Crippen LogP contribution >= 0.6 is 0 Å². The van der Waals surface area contributed by atoms with Crippen LogP contribution in [0.25, 0.3) is 5.69 Å². The third-order valence-corrected chi connectivity index (χ3v) is 4.21. The fourth-order valence-electron chi connectivity index (χ4n) is 2.70. The summed E-state index contributed by atoms with van der Waals surface area (Å²) in [5.74, 6) is -0.504. The molecular weight excluding hydrogens is 372 g/mol. The van der Waals surface area contributed by atoms with Gasteiger partial charge in [0.15, 0.2) is 5.76 Å². The monoisotopic (exact) mass is 388 g/mol. The molecule has 2 aromatic heterocycles. The van der Waals surface area contributed by atoms with Crippen molar-refractivity contribution in [3.63, 3.8) is 0 Å². The summed E-state index contributed by atoms with van der Waals surface area (Å²) in [7, 11) is 0. The molecule has 9 heteroatoms. The van der Waals surface area contributed by atoms with Crippen LogP contribution in [0.2, 0.25) is 0 Å². The zero-order valence-corrected chi connectivity index (χ0v) is 15.4. The van der Waals surface area contributed by atoms with Gasteiger partial charge in [-0.05, 0) is 65.4 Å². The summed E-state index contributed by atoms with van der Waals surface area (Å²) in [5, 5.41) is 16.6. The van der Waals surface area contributed by atoms with Gasteiger partial charge in [-0.25, -0.2) is 4.68 Å². The number of amides is 2. The first kappa shape index (κ1) is 18.1. The van der Waals surface area contributed by atoms with Crippen LogP contribution in [0.15, 0.2) is 71.6 Å². The van der Waals surface area contributed by atoms with E-state index in [4.69, 9.17) is 4.42 Å². The zero-order valence-electron chi connectivity index (χ0n) is 15.4. The maximum atomic E-state index is 12.7. The second kappa shape index (κ2) is 7.77. The van der Waals surface area contributed by atoms with Gasteiger partial charge in [-0.2, -0.15) is 0 Å². The molecule has 0 aliphatic carbocycles. The number of benzene rings is 2. The lowest BCUT2D eigenvalue weighted by atomic mass is 10.1. The Hall–Kier alpha value is -4.27. The highest BCUT2D eigenvalue weighted by atomic mass is 16.3. The molecule has 0 atom stereocenters. The average molecular weight is 388 g/mol. The number of carbonyl (C=O) groups is 2. The number of hydrogen-bond donors (Lipinski definition) is 2. The van der Waals surface area contributed by atoms with Crippen molar-refractivity contribution in [3.8, 4) is 5.69 Å². The van der Waals surface area contributed by atoms with E-state index in [0.717, 1.165) is 5.56 Å². The lowest BCUT2D eigenvalue weighted by Gasteiger charge is -2.11. The highest BCUT2D eigenvalue weighted by Gasteiger charge is 2.13. The highest BCUT2D eigenvalue weighted by molar-refractivity contribution is 6.07. The Bertz CT molecular complexity index is 1150. The molecule has 0 saturated heterocycles. The lowest BCUT2D eigenvalue weighted by Crippen LogP contribution is -2.15. The second-order valence-corrected chi connectivity index (χ2v) is 6.22. The maximum absolute atomic E-state index is 12.7. The lowest BCUT2D eigenvalue weighted by molar-refractivity contribution is 0.0993. The van der Waals surface area contributed by atoms with Crippen LogP contribution in [0.5, 0.6) is 0 Å². The van der Waals surface area contributed by atoms with Crippen molar-refractivity contribution in [3.05, 3.63) is 84.1 Å². The molecule has 144 valence electrons. The van der Waals surface area contributed by atoms with E-state index in [-0.39, 0.29) is 17.6 Å². The minimum Gasteiger partial charge on any atom is -0.459 e. The number of aryl methyl sites for hydroxylation is 1. The largest absolute Gasteiger partial charge is 0.459 e. The van der Waals surface area contributed by atoms with Gasteiger partial charge in [0.1, 0.15) is 6.33 Å². The molecule has 2 heterocycles. The van der Waals surface area contributed by atoms with Crippen LogP contribution in [0.4, 0.5) is 11.4 Å². The summed E-state index contributed by atoms with van der Waals surface area (Å²) < 4.78 is 6.59. The summed E-state index contributed by atoms with van der Waals surface area (Å²) in [6.45, 7) is 1.84. The molecule has 0 aliphatic heterocycles. The maximum Gasteiger partial charge on any atom is 0.291 e. The number of nitrogens with one attached hydrogen (secondary N) is 2. The fraction of sp³-hybridized carbons (Fsp3) is 0.0500. The summed E-state index contributed by atoms with van der Waals surface area (Å²) in [4.78, 5) is 24.9. The van der Waals surface area contributed by atoms with E-state index in [1.807, 2.05) is 13.0 Å². The normalized spacial score (nSPS) is 10.5. The Kier molecular flexibility index (Phi) is 4.85. The molecule has 0 bridgehead atoms. The Balaban J connectivity index is 1.52. The third kappa shape index (κ3) is 4.03. The van der Waals surface area contributed by atoms with Crippen molar-refractivity contribution in [2.75, 3.05) is 10.6 Å².